The number of ether oxygens (including phenoxy) is 1. The van der Waals surface area contributed by atoms with Crippen molar-refractivity contribution in [2.45, 2.75) is 24.0 Å². The topological polar surface area (TPSA) is 46.6 Å². The number of sulfonamides is 1. The molecule has 0 spiro atoms. The summed E-state index contributed by atoms with van der Waals surface area (Å²) in [6.45, 7) is 2.07. The largest absolute Gasteiger partial charge is 0.371 e. The van der Waals surface area contributed by atoms with Gasteiger partial charge in [0.25, 0.3) is 0 Å². The van der Waals surface area contributed by atoms with Gasteiger partial charge >= 0.3 is 0 Å². The van der Waals surface area contributed by atoms with Gasteiger partial charge < -0.3 is 4.74 Å². The fourth-order valence-electron chi connectivity index (χ4n) is 2.10. The summed E-state index contributed by atoms with van der Waals surface area (Å²) in [6.07, 6.45) is -0.669. The normalized spacial score (nSPS) is 24.8. The minimum absolute atomic E-state index is 0.00651. The van der Waals surface area contributed by atoms with Gasteiger partial charge in [-0.3, -0.25) is 0 Å². The Kier molecular flexibility index (Phi) is 4.92. The summed E-state index contributed by atoms with van der Waals surface area (Å²) in [6, 6.07) is 3.27. The monoisotopic (exact) mass is 341 g/mol. The van der Waals surface area contributed by atoms with Crippen LogP contribution >= 0.6 is 23.2 Å². The lowest BCUT2D eigenvalue weighted by Crippen LogP contribution is -2.49. The van der Waals surface area contributed by atoms with E-state index in [4.69, 9.17) is 27.9 Å². The Morgan fingerprint density at radius 3 is 2.80 bits per heavy atom. The highest BCUT2D eigenvalue weighted by molar-refractivity contribution is 7.89. The predicted molar refractivity (Wildman–Crippen MR) is 75.2 cm³/mol. The van der Waals surface area contributed by atoms with Gasteiger partial charge in [0.2, 0.25) is 10.0 Å². The molecule has 0 saturated carbocycles. The lowest BCUT2D eigenvalue weighted by atomic mass is 10.3. The van der Waals surface area contributed by atoms with Crippen LogP contribution in [-0.2, 0) is 14.8 Å². The van der Waals surface area contributed by atoms with Crippen LogP contribution < -0.4 is 0 Å². The Morgan fingerprint density at radius 2 is 2.15 bits per heavy atom. The van der Waals surface area contributed by atoms with Gasteiger partial charge in [-0.05, 0) is 25.1 Å². The molecule has 1 saturated heterocycles. The van der Waals surface area contributed by atoms with E-state index >= 15 is 0 Å². The molecule has 0 bridgehead atoms. The van der Waals surface area contributed by atoms with Crippen LogP contribution in [0.25, 0.3) is 0 Å². The number of hydrogen-bond donors (Lipinski definition) is 0. The van der Waals surface area contributed by atoms with Crippen molar-refractivity contribution in [1.29, 1.82) is 0 Å². The van der Waals surface area contributed by atoms with Gasteiger partial charge in [0.1, 0.15) is 10.7 Å². The van der Waals surface area contributed by atoms with Crippen LogP contribution in [0, 0.1) is 5.82 Å². The lowest BCUT2D eigenvalue weighted by molar-refractivity contribution is -0.0423. The minimum Gasteiger partial charge on any atom is -0.371 e. The maximum Gasteiger partial charge on any atom is 0.244 e. The standard InChI is InChI=1S/C12H14Cl2FNO3S/c1-8-6-16(7-10(5-13)19-8)20(17,18)12-4-9(15)2-3-11(12)14/h2-4,8,10H,5-7H2,1H3. The Hall–Kier alpha value is -0.400. The molecule has 2 atom stereocenters. The molecule has 8 heteroatoms. The number of benzene rings is 1. The first-order valence-electron chi connectivity index (χ1n) is 6.01. The molecule has 0 amide bonds. The van der Waals surface area contributed by atoms with Crippen LogP contribution in [0.5, 0.6) is 0 Å². The quantitative estimate of drug-likeness (QED) is 0.793. The molecule has 1 aromatic carbocycles. The van der Waals surface area contributed by atoms with Crippen molar-refractivity contribution in [3.63, 3.8) is 0 Å². The molecular weight excluding hydrogens is 328 g/mol. The summed E-state index contributed by atoms with van der Waals surface area (Å²) >= 11 is 11.6. The zero-order valence-corrected chi connectivity index (χ0v) is 13.1. The van der Waals surface area contributed by atoms with Crippen LogP contribution in [0.15, 0.2) is 23.1 Å². The second-order valence-electron chi connectivity index (χ2n) is 4.62. The van der Waals surface area contributed by atoms with Gasteiger partial charge in [-0.1, -0.05) is 11.6 Å². The molecule has 0 aromatic heterocycles. The fraction of sp³-hybridized carbons (Fsp3) is 0.500. The summed E-state index contributed by atoms with van der Waals surface area (Å²) in [7, 11) is -3.87. The summed E-state index contributed by atoms with van der Waals surface area (Å²) in [5.74, 6) is -0.462. The molecular formula is C12H14Cl2FNO3S. The second kappa shape index (κ2) is 6.15. The molecule has 1 aliphatic rings. The Labute approximate surface area is 127 Å². The number of hydrogen-bond acceptors (Lipinski definition) is 3. The molecule has 2 rings (SSSR count). The zero-order valence-electron chi connectivity index (χ0n) is 10.7. The van der Waals surface area contributed by atoms with Crippen molar-refractivity contribution in [3.8, 4) is 0 Å². The predicted octanol–water partition coefficient (Wildman–Crippen LogP) is 2.50. The summed E-state index contributed by atoms with van der Waals surface area (Å²) in [5, 5.41) is -0.00651. The second-order valence-corrected chi connectivity index (χ2v) is 7.24. The van der Waals surface area contributed by atoms with Crippen molar-refractivity contribution in [2.75, 3.05) is 19.0 Å². The average Bonchev–Trinajstić information content (AvgIpc) is 2.40. The molecule has 20 heavy (non-hydrogen) atoms. The highest BCUT2D eigenvalue weighted by atomic mass is 35.5. The van der Waals surface area contributed by atoms with Gasteiger partial charge in [0.15, 0.2) is 0 Å². The SMILES string of the molecule is CC1CN(S(=O)(=O)c2cc(F)ccc2Cl)CC(CCl)O1. The minimum atomic E-state index is -3.87. The molecule has 1 heterocycles. The maximum absolute atomic E-state index is 13.3. The van der Waals surface area contributed by atoms with Crippen molar-refractivity contribution in [1.82, 2.24) is 4.31 Å². The third-order valence-corrected chi connectivity index (χ3v) is 5.63. The van der Waals surface area contributed by atoms with Crippen LogP contribution in [0.4, 0.5) is 4.39 Å². The number of morpholine rings is 1. The summed E-state index contributed by atoms with van der Waals surface area (Å²) in [5.41, 5.74) is 0. The van der Waals surface area contributed by atoms with E-state index in [2.05, 4.69) is 0 Å². The first kappa shape index (κ1) is 16.0. The number of nitrogens with zero attached hydrogens (tertiary/aromatic N) is 1. The zero-order chi connectivity index (χ0) is 14.9. The summed E-state index contributed by atoms with van der Waals surface area (Å²) < 4.78 is 45.1. The van der Waals surface area contributed by atoms with Gasteiger partial charge in [-0.25, -0.2) is 12.8 Å². The molecule has 0 radical (unpaired) electrons. The van der Waals surface area contributed by atoms with E-state index in [1.54, 1.807) is 6.92 Å². The number of alkyl halides is 1. The lowest BCUT2D eigenvalue weighted by Gasteiger charge is -2.35. The highest BCUT2D eigenvalue weighted by Crippen LogP contribution is 2.27. The molecule has 1 fully saturated rings. The van der Waals surface area contributed by atoms with Crippen molar-refractivity contribution in [2.24, 2.45) is 0 Å². The Bertz CT molecular complexity index is 596. The van der Waals surface area contributed by atoms with E-state index < -0.39 is 15.8 Å². The maximum atomic E-state index is 13.3. The first-order chi connectivity index (χ1) is 9.34. The van der Waals surface area contributed by atoms with Crippen LogP contribution in [0.2, 0.25) is 5.02 Å². The van der Waals surface area contributed by atoms with E-state index in [1.807, 2.05) is 0 Å². The number of rotatable bonds is 3. The third-order valence-electron chi connectivity index (χ3n) is 2.98. The van der Waals surface area contributed by atoms with E-state index in [0.717, 1.165) is 12.1 Å². The van der Waals surface area contributed by atoms with Crippen molar-refractivity contribution >= 4 is 33.2 Å². The summed E-state index contributed by atoms with van der Waals surface area (Å²) in [4.78, 5) is -0.235. The molecule has 1 aromatic rings. The van der Waals surface area contributed by atoms with Crippen LogP contribution in [0.3, 0.4) is 0 Å². The Balaban J connectivity index is 2.36. The Morgan fingerprint density at radius 1 is 1.45 bits per heavy atom. The van der Waals surface area contributed by atoms with E-state index in [1.165, 1.54) is 10.4 Å². The fourth-order valence-corrected chi connectivity index (χ4v) is 4.30. The van der Waals surface area contributed by atoms with Crippen LogP contribution in [0.1, 0.15) is 6.92 Å². The van der Waals surface area contributed by atoms with Crippen molar-refractivity contribution < 1.29 is 17.5 Å². The molecule has 0 aliphatic carbocycles. The molecule has 2 unspecified atom stereocenters. The third kappa shape index (κ3) is 3.26. The van der Waals surface area contributed by atoms with Gasteiger partial charge in [-0.2, -0.15) is 4.31 Å². The molecule has 112 valence electrons. The molecule has 4 nitrogen and oxygen atoms in total. The van der Waals surface area contributed by atoms with Crippen molar-refractivity contribution in [3.05, 3.63) is 29.0 Å². The van der Waals surface area contributed by atoms with Crippen LogP contribution in [-0.4, -0.2) is 43.9 Å². The van der Waals surface area contributed by atoms with E-state index in [-0.39, 0.29) is 41.1 Å². The van der Waals surface area contributed by atoms with Gasteiger partial charge in [0.05, 0.1) is 17.2 Å². The van der Waals surface area contributed by atoms with Gasteiger partial charge in [-0.15, -0.1) is 11.6 Å². The highest BCUT2D eigenvalue weighted by Gasteiger charge is 2.34. The first-order valence-corrected chi connectivity index (χ1v) is 8.36. The van der Waals surface area contributed by atoms with Gasteiger partial charge in [0, 0.05) is 19.0 Å². The smallest absolute Gasteiger partial charge is 0.244 e. The van der Waals surface area contributed by atoms with E-state index in [0.29, 0.717) is 0 Å². The molecule has 1 aliphatic heterocycles. The van der Waals surface area contributed by atoms with E-state index in [9.17, 15) is 12.8 Å². The molecule has 0 N–H and O–H groups in total. The number of halogens is 3. The average molecular weight is 342 g/mol.